The standard InChI is InChI=1S/C69H129N2O7P/c1-7-10-13-16-19-22-25-28-30-32-33-34-35-36-37-38-39-40-42-44-47-50-53-56-59-62-69(73)78-67(60-57-54-51-48-45-27-24-21-18-15-12-9-3)66(65-77-79(74,75)76-64-63-71(4,5)6)70-68(72)61-58-55-52-49-46-43-41-31-29-26-23-20-17-14-11-8-2/h19,22,28,30-31,41,43,46,57,60,66-67H,7-18,20-21,23-27,29,32-40,42,44-45,47-56,58-59,61-65H2,1-6H3,(H-,70,72,74,75)/p+1/b22-19-,30-28-,41-31+,46-43+,60-57-. The smallest absolute Gasteiger partial charge is 0.456 e. The Morgan fingerprint density at radius 1 is 0.456 bits per heavy atom. The predicted octanol–water partition coefficient (Wildman–Crippen LogP) is 21.0. The van der Waals surface area contributed by atoms with Gasteiger partial charge in [0, 0.05) is 12.8 Å². The molecule has 9 nitrogen and oxygen atoms in total. The van der Waals surface area contributed by atoms with Crippen molar-refractivity contribution in [1.29, 1.82) is 0 Å². The topological polar surface area (TPSA) is 111 Å². The molecule has 0 rings (SSSR count). The number of likely N-dealkylation sites (N-methyl/N-ethyl adjacent to an activating group) is 1. The molecule has 0 aromatic heterocycles. The Morgan fingerprint density at radius 3 is 1.25 bits per heavy atom. The second kappa shape index (κ2) is 58.9. The third-order valence-electron chi connectivity index (χ3n) is 15.0. The third kappa shape index (κ3) is 60.1. The van der Waals surface area contributed by atoms with E-state index in [0.29, 0.717) is 23.9 Å². The summed E-state index contributed by atoms with van der Waals surface area (Å²) in [6, 6.07) is -0.862. The van der Waals surface area contributed by atoms with Crippen LogP contribution in [0.2, 0.25) is 0 Å². The number of carbonyl (C=O) groups excluding carboxylic acids is 2. The van der Waals surface area contributed by atoms with Crippen LogP contribution >= 0.6 is 7.82 Å². The maximum absolute atomic E-state index is 13.5. The number of unbranched alkanes of at least 4 members (excludes halogenated alkanes) is 38. The normalized spacial score (nSPS) is 14.0. The van der Waals surface area contributed by atoms with Crippen molar-refractivity contribution >= 4 is 19.7 Å². The molecular weight excluding hydrogens is 1000 g/mol. The maximum Gasteiger partial charge on any atom is 0.472 e. The lowest BCUT2D eigenvalue weighted by Crippen LogP contribution is -2.47. The van der Waals surface area contributed by atoms with Crippen molar-refractivity contribution in [2.24, 2.45) is 0 Å². The summed E-state index contributed by atoms with van der Waals surface area (Å²) >= 11 is 0. The molecule has 1 amide bonds. The number of phosphoric acid groups is 1. The zero-order valence-electron chi connectivity index (χ0n) is 52.9. The molecule has 0 bridgehead atoms. The number of phosphoric ester groups is 1. The molecule has 3 unspecified atom stereocenters. The fraction of sp³-hybridized carbons (Fsp3) is 0.826. The number of hydrogen-bond donors (Lipinski definition) is 2. The molecule has 3 atom stereocenters. The molecule has 0 saturated carbocycles. The number of esters is 1. The Kier molecular flexibility index (Phi) is 57.2. The zero-order valence-corrected chi connectivity index (χ0v) is 53.8. The quantitative estimate of drug-likeness (QED) is 0.0156. The van der Waals surface area contributed by atoms with E-state index >= 15 is 0 Å². The first-order valence-corrected chi connectivity index (χ1v) is 35.1. The van der Waals surface area contributed by atoms with Crippen LogP contribution in [0.5, 0.6) is 0 Å². The Balaban J connectivity index is 5.11. The molecule has 0 heterocycles. The van der Waals surface area contributed by atoms with Gasteiger partial charge in [0.1, 0.15) is 19.3 Å². The summed E-state index contributed by atoms with van der Waals surface area (Å²) in [4.78, 5) is 37.8. The predicted molar refractivity (Wildman–Crippen MR) is 342 cm³/mol. The lowest BCUT2D eigenvalue weighted by atomic mass is 10.0. The van der Waals surface area contributed by atoms with Crippen LogP contribution in [-0.4, -0.2) is 74.3 Å². The van der Waals surface area contributed by atoms with Crippen LogP contribution < -0.4 is 5.32 Å². The zero-order chi connectivity index (χ0) is 57.9. The first kappa shape index (κ1) is 76.7. The molecule has 0 spiro atoms. The van der Waals surface area contributed by atoms with Crippen LogP contribution in [0.25, 0.3) is 0 Å². The van der Waals surface area contributed by atoms with Crippen molar-refractivity contribution in [2.45, 2.75) is 328 Å². The van der Waals surface area contributed by atoms with Crippen molar-refractivity contribution in [3.8, 4) is 0 Å². The van der Waals surface area contributed by atoms with Gasteiger partial charge in [-0.3, -0.25) is 18.6 Å². The molecule has 2 N–H and O–H groups in total. The van der Waals surface area contributed by atoms with E-state index in [0.717, 1.165) is 70.6 Å². The van der Waals surface area contributed by atoms with E-state index in [1.807, 2.05) is 33.3 Å². The van der Waals surface area contributed by atoms with Crippen LogP contribution in [0, 0.1) is 0 Å². The molecule has 0 saturated heterocycles. The van der Waals surface area contributed by atoms with Gasteiger partial charge in [-0.25, -0.2) is 4.57 Å². The first-order chi connectivity index (χ1) is 38.4. The van der Waals surface area contributed by atoms with E-state index < -0.39 is 20.0 Å². The molecule has 0 aliphatic rings. The number of allylic oxidation sites excluding steroid dienone is 9. The van der Waals surface area contributed by atoms with Crippen LogP contribution in [0.3, 0.4) is 0 Å². The summed E-state index contributed by atoms with van der Waals surface area (Å²) in [5, 5.41) is 3.05. The molecule has 0 aromatic rings. The minimum atomic E-state index is -4.46. The van der Waals surface area contributed by atoms with Gasteiger partial charge in [-0.15, -0.1) is 0 Å². The van der Waals surface area contributed by atoms with E-state index in [4.69, 9.17) is 13.8 Å². The van der Waals surface area contributed by atoms with Crippen LogP contribution in [0.4, 0.5) is 0 Å². The Morgan fingerprint density at radius 2 is 0.810 bits per heavy atom. The summed E-state index contributed by atoms with van der Waals surface area (Å²) in [6.07, 6.45) is 75.2. The highest BCUT2D eigenvalue weighted by Gasteiger charge is 2.30. The molecule has 0 aromatic carbocycles. The number of amides is 1. The van der Waals surface area contributed by atoms with Gasteiger partial charge < -0.3 is 19.4 Å². The van der Waals surface area contributed by atoms with Gasteiger partial charge in [0.25, 0.3) is 0 Å². The summed E-state index contributed by atoms with van der Waals surface area (Å²) in [6.45, 7) is 6.99. The van der Waals surface area contributed by atoms with E-state index in [2.05, 4.69) is 74.7 Å². The van der Waals surface area contributed by atoms with Crippen molar-refractivity contribution in [2.75, 3.05) is 40.9 Å². The van der Waals surface area contributed by atoms with Crippen LogP contribution in [-0.2, 0) is 27.9 Å². The number of nitrogens with zero attached hydrogens (tertiary/aromatic N) is 1. The minimum Gasteiger partial charge on any atom is -0.456 e. The van der Waals surface area contributed by atoms with Gasteiger partial charge in [-0.2, -0.15) is 0 Å². The Bertz CT molecular complexity index is 1540. The number of nitrogens with one attached hydrogen (secondary N) is 1. The number of quaternary nitrogens is 1. The average molecular weight is 1130 g/mol. The van der Waals surface area contributed by atoms with Gasteiger partial charge in [-0.1, -0.05) is 275 Å². The number of ether oxygens (including phenoxy) is 1. The van der Waals surface area contributed by atoms with Crippen molar-refractivity contribution < 1.29 is 37.3 Å². The van der Waals surface area contributed by atoms with E-state index in [1.54, 1.807) is 0 Å². The fourth-order valence-corrected chi connectivity index (χ4v) is 10.5. The van der Waals surface area contributed by atoms with Gasteiger partial charge in [-0.05, 0) is 89.5 Å². The van der Waals surface area contributed by atoms with Crippen LogP contribution in [0.1, 0.15) is 316 Å². The molecule has 0 fully saturated rings. The van der Waals surface area contributed by atoms with Gasteiger partial charge in [0.05, 0.1) is 33.8 Å². The van der Waals surface area contributed by atoms with Crippen molar-refractivity contribution in [3.05, 3.63) is 60.8 Å². The average Bonchev–Trinajstić information content (AvgIpc) is 3.41. The second-order valence-corrected chi connectivity index (χ2v) is 25.5. The molecular formula is C69H130N2O7P+. The van der Waals surface area contributed by atoms with Gasteiger partial charge in [0.2, 0.25) is 5.91 Å². The van der Waals surface area contributed by atoms with E-state index in [9.17, 15) is 19.0 Å². The lowest BCUT2D eigenvalue weighted by molar-refractivity contribution is -0.870. The molecule has 462 valence electrons. The highest BCUT2D eigenvalue weighted by Crippen LogP contribution is 2.43. The highest BCUT2D eigenvalue weighted by atomic mass is 31.2. The van der Waals surface area contributed by atoms with Crippen molar-refractivity contribution in [3.63, 3.8) is 0 Å². The number of rotatable bonds is 61. The van der Waals surface area contributed by atoms with E-state index in [-0.39, 0.29) is 31.5 Å². The maximum atomic E-state index is 13.5. The summed E-state index contributed by atoms with van der Waals surface area (Å²) in [5.74, 6) is -0.527. The number of hydrogen-bond acceptors (Lipinski definition) is 6. The summed E-state index contributed by atoms with van der Waals surface area (Å²) in [5.41, 5.74) is 0. The lowest BCUT2D eigenvalue weighted by Gasteiger charge is -2.27. The third-order valence-corrected chi connectivity index (χ3v) is 15.9. The molecule has 0 aliphatic carbocycles. The summed E-state index contributed by atoms with van der Waals surface area (Å²) in [7, 11) is 1.48. The Labute approximate surface area is 490 Å². The van der Waals surface area contributed by atoms with Gasteiger partial charge in [0.15, 0.2) is 0 Å². The van der Waals surface area contributed by atoms with E-state index in [1.165, 1.54) is 205 Å². The largest absolute Gasteiger partial charge is 0.472 e. The molecule has 0 radical (unpaired) electrons. The van der Waals surface area contributed by atoms with Gasteiger partial charge >= 0.3 is 13.8 Å². The monoisotopic (exact) mass is 1130 g/mol. The fourth-order valence-electron chi connectivity index (χ4n) is 9.73. The molecule has 79 heavy (non-hydrogen) atoms. The molecule has 10 heteroatoms. The SMILES string of the molecule is CCCCC/C=C\C/C=C\CCCCCCCCCCCCCCCCCC(=O)OC(/C=C\CCCCCCCCCCCC)C(COP(=O)(O)OCC[N+](C)(C)C)NC(=O)CCCCC/C=C/C=C/CCCCCCCCC. The number of carbonyl (C=O) groups is 2. The Hall–Kier alpha value is -2.29. The summed E-state index contributed by atoms with van der Waals surface area (Å²) < 4.78 is 30.7. The van der Waals surface area contributed by atoms with Crippen LogP contribution in [0.15, 0.2) is 60.8 Å². The highest BCUT2D eigenvalue weighted by molar-refractivity contribution is 7.47. The molecule has 0 aliphatic heterocycles. The minimum absolute atomic E-state index is 0.0351. The first-order valence-electron chi connectivity index (χ1n) is 33.6. The second-order valence-electron chi connectivity index (χ2n) is 24.0. The van der Waals surface area contributed by atoms with Crippen molar-refractivity contribution in [1.82, 2.24) is 5.32 Å².